The van der Waals surface area contributed by atoms with E-state index in [1.165, 1.54) is 5.56 Å². The maximum Gasteiger partial charge on any atom is 0.248 e. The highest BCUT2D eigenvalue weighted by molar-refractivity contribution is 7.21. The monoisotopic (exact) mass is 411 g/mol. The van der Waals surface area contributed by atoms with E-state index in [0.29, 0.717) is 5.92 Å². The number of methoxy groups -OCH3 is 1. The molecule has 1 N–H and O–H groups in total. The summed E-state index contributed by atoms with van der Waals surface area (Å²) in [5, 5.41) is 4.13. The molecule has 7 nitrogen and oxygen atoms in total. The molecule has 1 saturated heterocycles. The number of ether oxygens (including phenoxy) is 1. The molecule has 152 valence electrons. The molecule has 1 amide bonds. The Morgan fingerprint density at radius 2 is 2.10 bits per heavy atom. The highest BCUT2D eigenvalue weighted by Crippen LogP contribution is 2.31. The number of aromatic nitrogens is 3. The number of carbonyl (C=O) groups excluding carboxylic acids is 1. The van der Waals surface area contributed by atoms with Crippen LogP contribution in [0.2, 0.25) is 0 Å². The highest BCUT2D eigenvalue weighted by atomic mass is 32.1. The van der Waals surface area contributed by atoms with Crippen LogP contribution in [0.4, 0.5) is 10.9 Å². The fourth-order valence-electron chi connectivity index (χ4n) is 3.66. The number of likely N-dealkylation sites (tertiary alicyclic amines) is 1. The van der Waals surface area contributed by atoms with E-state index in [1.54, 1.807) is 18.4 Å². The molecule has 3 aromatic rings. The van der Waals surface area contributed by atoms with Gasteiger partial charge in [0.1, 0.15) is 22.8 Å². The van der Waals surface area contributed by atoms with Gasteiger partial charge in [0.25, 0.3) is 0 Å². The summed E-state index contributed by atoms with van der Waals surface area (Å²) >= 11 is 1.54. The Labute approximate surface area is 174 Å². The van der Waals surface area contributed by atoms with E-state index in [-0.39, 0.29) is 12.5 Å². The minimum absolute atomic E-state index is 0.0682. The van der Waals surface area contributed by atoms with Crippen LogP contribution in [0.3, 0.4) is 0 Å². The topological polar surface area (TPSA) is 80.2 Å². The number of rotatable bonds is 6. The first-order chi connectivity index (χ1) is 14.2. The van der Waals surface area contributed by atoms with Gasteiger partial charge in [0.05, 0.1) is 0 Å². The van der Waals surface area contributed by atoms with Crippen LogP contribution in [-0.4, -0.2) is 52.6 Å². The molecule has 0 atom stereocenters. The van der Waals surface area contributed by atoms with Crippen LogP contribution in [0.15, 0.2) is 30.5 Å². The first-order valence-electron chi connectivity index (χ1n) is 9.92. The number of aryl methyl sites for hydroxylation is 1. The summed E-state index contributed by atoms with van der Waals surface area (Å²) in [5.74, 6) is 1.28. The summed E-state index contributed by atoms with van der Waals surface area (Å²) in [6, 6.07) is 8.20. The van der Waals surface area contributed by atoms with Crippen LogP contribution < -0.4 is 5.32 Å². The lowest BCUT2D eigenvalue weighted by Gasteiger charge is -2.32. The van der Waals surface area contributed by atoms with E-state index in [4.69, 9.17) is 4.74 Å². The lowest BCUT2D eigenvalue weighted by Crippen LogP contribution is -2.39. The number of carbonyl (C=O) groups is 1. The van der Waals surface area contributed by atoms with Gasteiger partial charge in [-0.25, -0.2) is 15.0 Å². The van der Waals surface area contributed by atoms with Crippen molar-refractivity contribution in [3.63, 3.8) is 0 Å². The third-order valence-corrected chi connectivity index (χ3v) is 6.16. The van der Waals surface area contributed by atoms with E-state index in [1.807, 2.05) is 23.2 Å². The third kappa shape index (κ3) is 4.54. The normalized spacial score (nSPS) is 15.0. The lowest BCUT2D eigenvalue weighted by atomic mass is 9.90. The number of anilines is 2. The van der Waals surface area contributed by atoms with Gasteiger partial charge < -0.3 is 15.0 Å². The number of nitrogens with one attached hydrogen (secondary N) is 1. The molecule has 0 aliphatic carbocycles. The summed E-state index contributed by atoms with van der Waals surface area (Å²) < 4.78 is 4.96. The Hall–Kier alpha value is -2.58. The second-order valence-corrected chi connectivity index (χ2v) is 8.16. The predicted molar refractivity (Wildman–Crippen MR) is 115 cm³/mol. The van der Waals surface area contributed by atoms with Gasteiger partial charge in [-0.2, -0.15) is 0 Å². The molecule has 8 heteroatoms. The van der Waals surface area contributed by atoms with E-state index < -0.39 is 0 Å². The first-order valence-corrected chi connectivity index (χ1v) is 10.7. The number of thiazole rings is 1. The summed E-state index contributed by atoms with van der Waals surface area (Å²) in [6.45, 7) is 3.79. The predicted octanol–water partition coefficient (Wildman–Crippen LogP) is 3.74. The SMILES string of the molecule is CCc1ccc2nc(Nc3cc(C4CCN(C(=O)COC)CC4)ccn3)sc2n1. The van der Waals surface area contributed by atoms with Crippen LogP contribution >= 0.6 is 11.3 Å². The molecule has 0 unspecified atom stereocenters. The van der Waals surface area contributed by atoms with Gasteiger partial charge in [-0.3, -0.25) is 4.79 Å². The number of nitrogens with zero attached hydrogens (tertiary/aromatic N) is 4. The Kier molecular flexibility index (Phi) is 6.01. The Balaban J connectivity index is 1.43. The molecule has 4 rings (SSSR count). The number of amides is 1. The van der Waals surface area contributed by atoms with Crippen LogP contribution in [0.25, 0.3) is 10.3 Å². The van der Waals surface area contributed by atoms with Crippen molar-refractivity contribution in [2.75, 3.05) is 32.1 Å². The van der Waals surface area contributed by atoms with Crippen LogP contribution in [-0.2, 0) is 16.0 Å². The van der Waals surface area contributed by atoms with E-state index in [9.17, 15) is 4.79 Å². The van der Waals surface area contributed by atoms with E-state index >= 15 is 0 Å². The Morgan fingerprint density at radius 1 is 1.28 bits per heavy atom. The van der Waals surface area contributed by atoms with Crippen molar-refractivity contribution in [1.29, 1.82) is 0 Å². The van der Waals surface area contributed by atoms with Gasteiger partial charge in [0.15, 0.2) is 5.13 Å². The summed E-state index contributed by atoms with van der Waals surface area (Å²) in [5.41, 5.74) is 3.22. The van der Waals surface area contributed by atoms with Crippen molar-refractivity contribution in [3.8, 4) is 0 Å². The molecule has 0 saturated carbocycles. The first kappa shape index (κ1) is 19.7. The van der Waals surface area contributed by atoms with Crippen LogP contribution in [0, 0.1) is 0 Å². The average molecular weight is 412 g/mol. The summed E-state index contributed by atoms with van der Waals surface area (Å²) in [4.78, 5) is 28.5. The van der Waals surface area contributed by atoms with Crippen molar-refractivity contribution in [2.24, 2.45) is 0 Å². The second-order valence-electron chi connectivity index (χ2n) is 7.19. The van der Waals surface area contributed by atoms with Gasteiger partial charge >= 0.3 is 0 Å². The Morgan fingerprint density at radius 3 is 2.86 bits per heavy atom. The number of hydrogen-bond acceptors (Lipinski definition) is 7. The van der Waals surface area contributed by atoms with Gasteiger partial charge in [0, 0.05) is 32.1 Å². The molecule has 29 heavy (non-hydrogen) atoms. The average Bonchev–Trinajstić information content (AvgIpc) is 3.15. The number of piperidine rings is 1. The molecule has 3 aromatic heterocycles. The van der Waals surface area contributed by atoms with Crippen molar-refractivity contribution in [1.82, 2.24) is 19.9 Å². The maximum atomic E-state index is 12.0. The fourth-order valence-corrected chi connectivity index (χ4v) is 4.53. The second kappa shape index (κ2) is 8.84. The van der Waals surface area contributed by atoms with Crippen LogP contribution in [0.1, 0.15) is 36.9 Å². The minimum atomic E-state index is 0.0682. The largest absolute Gasteiger partial charge is 0.375 e. The molecule has 1 aliphatic rings. The molecule has 1 aliphatic heterocycles. The molecular formula is C21H25N5O2S. The van der Waals surface area contributed by atoms with E-state index in [2.05, 4.69) is 39.3 Å². The number of fused-ring (bicyclic) bond motifs is 1. The quantitative estimate of drug-likeness (QED) is 0.665. The van der Waals surface area contributed by atoms with Crippen LogP contribution in [0.5, 0.6) is 0 Å². The lowest BCUT2D eigenvalue weighted by molar-refractivity contribution is -0.136. The standard InChI is InChI=1S/C21H25N5O2S/c1-3-16-4-5-17-20(23-16)29-21(24-17)25-18-12-15(6-9-22-18)14-7-10-26(11-8-14)19(27)13-28-2/h4-6,9,12,14H,3,7-8,10-11,13H2,1-2H3,(H,22,24,25). The highest BCUT2D eigenvalue weighted by Gasteiger charge is 2.24. The molecular weight excluding hydrogens is 386 g/mol. The van der Waals surface area contributed by atoms with Gasteiger partial charge in [-0.05, 0) is 55.0 Å². The zero-order valence-corrected chi connectivity index (χ0v) is 17.5. The zero-order chi connectivity index (χ0) is 20.2. The van der Waals surface area contributed by atoms with Gasteiger partial charge in [-0.15, -0.1) is 0 Å². The van der Waals surface area contributed by atoms with Gasteiger partial charge in [-0.1, -0.05) is 18.3 Å². The van der Waals surface area contributed by atoms with Crippen molar-refractivity contribution in [2.45, 2.75) is 32.1 Å². The van der Waals surface area contributed by atoms with Crippen molar-refractivity contribution >= 4 is 38.5 Å². The van der Waals surface area contributed by atoms with Crippen molar-refractivity contribution < 1.29 is 9.53 Å². The summed E-state index contributed by atoms with van der Waals surface area (Å²) in [6.07, 6.45) is 4.64. The van der Waals surface area contributed by atoms with Gasteiger partial charge in [0.2, 0.25) is 5.91 Å². The molecule has 0 bridgehead atoms. The molecule has 1 fully saturated rings. The maximum absolute atomic E-state index is 12.0. The Bertz CT molecular complexity index is 998. The molecule has 0 spiro atoms. The summed E-state index contributed by atoms with van der Waals surface area (Å²) in [7, 11) is 1.56. The third-order valence-electron chi connectivity index (χ3n) is 5.28. The zero-order valence-electron chi connectivity index (χ0n) is 16.7. The van der Waals surface area contributed by atoms with E-state index in [0.717, 1.165) is 59.3 Å². The minimum Gasteiger partial charge on any atom is -0.375 e. The van der Waals surface area contributed by atoms with Crippen molar-refractivity contribution in [3.05, 3.63) is 41.7 Å². The smallest absolute Gasteiger partial charge is 0.248 e. The fraction of sp³-hybridized carbons (Fsp3) is 0.429. The molecule has 0 aromatic carbocycles. The molecule has 4 heterocycles. The number of pyridine rings is 2. The molecule has 0 radical (unpaired) electrons. The number of hydrogen-bond donors (Lipinski definition) is 1.